The molecule has 0 spiro atoms. The van der Waals surface area contributed by atoms with Crippen LogP contribution < -0.4 is 0 Å². The number of nitrogens with zero attached hydrogens (tertiary/aromatic N) is 1. The largest absolute Gasteiger partial charge is 0.462 e. The monoisotopic (exact) mass is 255 g/mol. The number of hydrogen-bond donors (Lipinski definition) is 0. The van der Waals surface area contributed by atoms with Gasteiger partial charge in [-0.2, -0.15) is 0 Å². The normalized spacial score (nSPS) is 11.4. The Balaban J connectivity index is 3.46. The van der Waals surface area contributed by atoms with Gasteiger partial charge in [0.25, 0.3) is 0 Å². The van der Waals surface area contributed by atoms with E-state index in [1.54, 1.807) is 13.1 Å². The molecule has 0 bridgehead atoms. The van der Waals surface area contributed by atoms with E-state index in [0.29, 0.717) is 12.2 Å². The van der Waals surface area contributed by atoms with Gasteiger partial charge in [0.15, 0.2) is 0 Å². The first kappa shape index (κ1) is 17.0. The number of carbonyl (C=O) groups excluding carboxylic acids is 1. The molecule has 0 aromatic carbocycles. The highest BCUT2D eigenvalue weighted by Gasteiger charge is 2.05. The predicted molar refractivity (Wildman–Crippen MR) is 76.4 cm³/mol. The molecular formula is C15H29NO2. The third kappa shape index (κ3) is 10.2. The summed E-state index contributed by atoms with van der Waals surface area (Å²) >= 11 is 0. The van der Waals surface area contributed by atoms with Crippen molar-refractivity contribution in [1.82, 2.24) is 4.90 Å². The first-order valence-electron chi connectivity index (χ1n) is 7.10. The molecule has 106 valence electrons. The number of unbranched alkanes of at least 4 members (excludes halogenated alkanes) is 6. The zero-order valence-electron chi connectivity index (χ0n) is 12.5. The molecule has 0 rings (SSSR count). The molecule has 0 N–H and O–H groups in total. The van der Waals surface area contributed by atoms with Gasteiger partial charge >= 0.3 is 5.97 Å². The average molecular weight is 255 g/mol. The van der Waals surface area contributed by atoms with Crippen molar-refractivity contribution in [2.75, 3.05) is 20.7 Å². The molecule has 0 amide bonds. The highest BCUT2D eigenvalue weighted by molar-refractivity contribution is 5.87. The summed E-state index contributed by atoms with van der Waals surface area (Å²) < 4.78 is 5.20. The van der Waals surface area contributed by atoms with Crippen molar-refractivity contribution in [3.63, 3.8) is 0 Å². The molecule has 18 heavy (non-hydrogen) atoms. The molecule has 0 aromatic rings. The van der Waals surface area contributed by atoms with Gasteiger partial charge in [0.2, 0.25) is 0 Å². The minimum absolute atomic E-state index is 0.199. The van der Waals surface area contributed by atoms with Gasteiger partial charge in [0.05, 0.1) is 6.61 Å². The van der Waals surface area contributed by atoms with Crippen LogP contribution in [-0.4, -0.2) is 31.6 Å². The highest BCUT2D eigenvalue weighted by Crippen LogP contribution is 2.07. The van der Waals surface area contributed by atoms with Crippen molar-refractivity contribution < 1.29 is 9.53 Å². The fourth-order valence-corrected chi connectivity index (χ4v) is 1.78. The zero-order chi connectivity index (χ0) is 13.8. The Labute approximate surface area is 112 Å². The summed E-state index contributed by atoms with van der Waals surface area (Å²) in [5.74, 6) is -0.199. The second-order valence-corrected chi connectivity index (χ2v) is 5.03. The Morgan fingerprint density at radius 3 is 2.17 bits per heavy atom. The van der Waals surface area contributed by atoms with Gasteiger partial charge in [-0.05, 0) is 13.3 Å². The van der Waals surface area contributed by atoms with Crippen LogP contribution in [0.3, 0.4) is 0 Å². The van der Waals surface area contributed by atoms with Crippen LogP contribution in [0.1, 0.15) is 58.8 Å². The summed E-state index contributed by atoms with van der Waals surface area (Å²) in [5, 5.41) is 0. The van der Waals surface area contributed by atoms with Gasteiger partial charge in [-0.1, -0.05) is 45.4 Å². The Morgan fingerprint density at radius 1 is 1.06 bits per heavy atom. The van der Waals surface area contributed by atoms with Crippen molar-refractivity contribution in [3.8, 4) is 0 Å². The fraction of sp³-hybridized carbons (Fsp3) is 0.800. The van der Waals surface area contributed by atoms with Crippen molar-refractivity contribution in [3.05, 3.63) is 11.8 Å². The maximum Gasteiger partial charge on any atom is 0.335 e. The summed E-state index contributed by atoms with van der Waals surface area (Å²) in [6.07, 6.45) is 10.4. The van der Waals surface area contributed by atoms with E-state index in [4.69, 9.17) is 4.74 Å². The quantitative estimate of drug-likeness (QED) is 0.338. The lowest BCUT2D eigenvalue weighted by Gasteiger charge is -2.08. The molecule has 0 aliphatic carbocycles. The van der Waals surface area contributed by atoms with Crippen molar-refractivity contribution >= 4 is 5.97 Å². The van der Waals surface area contributed by atoms with Crippen molar-refractivity contribution in [2.45, 2.75) is 58.8 Å². The van der Waals surface area contributed by atoms with Crippen LogP contribution in [0, 0.1) is 0 Å². The van der Waals surface area contributed by atoms with Gasteiger partial charge in [0.1, 0.15) is 0 Å². The summed E-state index contributed by atoms with van der Waals surface area (Å²) in [4.78, 5) is 13.4. The van der Waals surface area contributed by atoms with E-state index in [9.17, 15) is 4.79 Å². The molecule has 0 saturated carbocycles. The van der Waals surface area contributed by atoms with Crippen LogP contribution in [-0.2, 0) is 9.53 Å². The van der Waals surface area contributed by atoms with E-state index >= 15 is 0 Å². The number of rotatable bonds is 10. The lowest BCUT2D eigenvalue weighted by molar-refractivity contribution is -0.139. The minimum atomic E-state index is -0.199. The van der Waals surface area contributed by atoms with E-state index in [2.05, 4.69) is 6.92 Å². The highest BCUT2D eigenvalue weighted by atomic mass is 16.5. The lowest BCUT2D eigenvalue weighted by Crippen LogP contribution is -2.11. The topological polar surface area (TPSA) is 29.5 Å². The van der Waals surface area contributed by atoms with E-state index < -0.39 is 0 Å². The predicted octanol–water partition coefficient (Wildman–Crippen LogP) is 3.75. The second-order valence-electron chi connectivity index (χ2n) is 5.03. The molecule has 0 fully saturated rings. The third-order valence-corrected chi connectivity index (χ3v) is 2.75. The third-order valence-electron chi connectivity index (χ3n) is 2.75. The molecule has 0 aromatic heterocycles. The average Bonchev–Trinajstić information content (AvgIpc) is 2.31. The van der Waals surface area contributed by atoms with E-state index in [1.807, 2.05) is 19.0 Å². The molecule has 0 atom stereocenters. The van der Waals surface area contributed by atoms with Crippen LogP contribution in [0.15, 0.2) is 11.8 Å². The fourth-order valence-electron chi connectivity index (χ4n) is 1.78. The molecular weight excluding hydrogens is 226 g/mol. The van der Waals surface area contributed by atoms with Gasteiger partial charge in [-0.3, -0.25) is 0 Å². The number of hydrogen-bond acceptors (Lipinski definition) is 3. The smallest absolute Gasteiger partial charge is 0.335 e. The molecule has 0 heterocycles. The molecule has 3 nitrogen and oxygen atoms in total. The molecule has 3 heteroatoms. The lowest BCUT2D eigenvalue weighted by atomic mass is 10.1. The Bertz CT molecular complexity index is 247. The maximum atomic E-state index is 11.5. The number of esters is 1. The molecule has 0 aliphatic rings. The summed E-state index contributed by atoms with van der Waals surface area (Å²) in [6, 6.07) is 0. The van der Waals surface area contributed by atoms with E-state index in [0.717, 1.165) is 12.8 Å². The zero-order valence-corrected chi connectivity index (χ0v) is 12.5. The maximum absolute atomic E-state index is 11.5. The molecule has 0 saturated heterocycles. The van der Waals surface area contributed by atoms with Crippen molar-refractivity contribution in [2.24, 2.45) is 0 Å². The Kier molecular flexibility index (Phi) is 10.5. The molecule has 0 radical (unpaired) electrons. The van der Waals surface area contributed by atoms with Crippen molar-refractivity contribution in [1.29, 1.82) is 0 Å². The number of carbonyl (C=O) groups is 1. The van der Waals surface area contributed by atoms with Crippen LogP contribution in [0.25, 0.3) is 0 Å². The van der Waals surface area contributed by atoms with Gasteiger partial charge < -0.3 is 9.64 Å². The first-order chi connectivity index (χ1) is 8.57. The SMILES string of the molecule is CCCCCCCCCOC(=O)C(C)=CN(C)C. The second kappa shape index (κ2) is 11.1. The Morgan fingerprint density at radius 2 is 1.61 bits per heavy atom. The first-order valence-corrected chi connectivity index (χ1v) is 7.10. The van der Waals surface area contributed by atoms with E-state index in [1.165, 1.54) is 32.1 Å². The van der Waals surface area contributed by atoms with Gasteiger partial charge in [-0.15, -0.1) is 0 Å². The van der Waals surface area contributed by atoms with Crippen LogP contribution in [0.2, 0.25) is 0 Å². The molecule has 0 aliphatic heterocycles. The summed E-state index contributed by atoms with van der Waals surface area (Å²) in [5.41, 5.74) is 0.656. The Hall–Kier alpha value is -0.990. The van der Waals surface area contributed by atoms with Gasteiger partial charge in [0, 0.05) is 25.9 Å². The van der Waals surface area contributed by atoms with Crippen LogP contribution >= 0.6 is 0 Å². The summed E-state index contributed by atoms with van der Waals surface area (Å²) in [7, 11) is 3.79. The molecule has 0 unspecified atom stereocenters. The van der Waals surface area contributed by atoms with E-state index in [-0.39, 0.29) is 5.97 Å². The van der Waals surface area contributed by atoms with Gasteiger partial charge in [-0.25, -0.2) is 4.79 Å². The van der Waals surface area contributed by atoms with Crippen LogP contribution in [0.5, 0.6) is 0 Å². The minimum Gasteiger partial charge on any atom is -0.462 e. The van der Waals surface area contributed by atoms with Crippen LogP contribution in [0.4, 0.5) is 0 Å². The standard InChI is InChI=1S/C15H29NO2/c1-5-6-7-8-9-10-11-12-18-15(17)14(2)13-16(3)4/h13H,5-12H2,1-4H3. The number of ether oxygens (including phenoxy) is 1. The summed E-state index contributed by atoms with van der Waals surface area (Å²) in [6.45, 7) is 4.56.